The molecular formula is C25H29N3O2SSi. The molecule has 2 aliphatic rings. The third-order valence-electron chi connectivity index (χ3n) is 6.47. The van der Waals surface area contributed by atoms with Crippen molar-refractivity contribution >= 4 is 29.6 Å². The second-order valence-electron chi connectivity index (χ2n) is 10.0. The van der Waals surface area contributed by atoms with Crippen LogP contribution in [0.15, 0.2) is 41.5 Å². The largest absolute Gasteiger partial charge is 0.490 e. The van der Waals surface area contributed by atoms with Gasteiger partial charge in [-0.05, 0) is 63.1 Å². The molecule has 3 aromatic rings. The van der Waals surface area contributed by atoms with Crippen molar-refractivity contribution in [3.05, 3.63) is 51.9 Å². The van der Waals surface area contributed by atoms with E-state index in [9.17, 15) is 4.79 Å². The Morgan fingerprint density at radius 3 is 2.47 bits per heavy atom. The molecule has 0 radical (unpaired) electrons. The van der Waals surface area contributed by atoms with E-state index in [2.05, 4.69) is 48.0 Å². The van der Waals surface area contributed by atoms with Crippen molar-refractivity contribution in [2.24, 2.45) is 0 Å². The molecule has 0 amide bonds. The molecule has 0 aliphatic carbocycles. The summed E-state index contributed by atoms with van der Waals surface area (Å²) >= 11 is 1.43. The van der Waals surface area contributed by atoms with E-state index in [1.807, 2.05) is 30.3 Å². The lowest BCUT2D eigenvalue weighted by atomic mass is 10.0. The minimum absolute atomic E-state index is 0.0541. The summed E-state index contributed by atoms with van der Waals surface area (Å²) in [6, 6.07) is 11.0. The van der Waals surface area contributed by atoms with Gasteiger partial charge in [-0.15, -0.1) is 16.9 Å². The summed E-state index contributed by atoms with van der Waals surface area (Å²) in [6.07, 6.45) is 6.64. The highest BCUT2D eigenvalue weighted by atomic mass is 32.1. The topological polar surface area (TPSA) is 47.4 Å². The second-order valence-corrected chi connectivity index (χ2v) is 15.8. The first kappa shape index (κ1) is 21.4. The van der Waals surface area contributed by atoms with Crippen LogP contribution in [0.2, 0.25) is 19.6 Å². The van der Waals surface area contributed by atoms with E-state index in [0.717, 1.165) is 29.2 Å². The lowest BCUT2D eigenvalue weighted by molar-refractivity contribution is 0.0662. The predicted molar refractivity (Wildman–Crippen MR) is 134 cm³/mol. The molecule has 0 saturated carbocycles. The Morgan fingerprint density at radius 1 is 1.12 bits per heavy atom. The van der Waals surface area contributed by atoms with Gasteiger partial charge in [0.2, 0.25) is 0 Å². The first-order chi connectivity index (χ1) is 15.3. The number of thiophene rings is 1. The number of rotatable bonds is 3. The fourth-order valence-corrected chi connectivity index (χ4v) is 6.24. The van der Waals surface area contributed by atoms with E-state index in [1.54, 1.807) is 10.9 Å². The van der Waals surface area contributed by atoms with Gasteiger partial charge in [-0.25, -0.2) is 4.98 Å². The summed E-state index contributed by atoms with van der Waals surface area (Å²) in [5, 5.41) is 0. The van der Waals surface area contributed by atoms with Gasteiger partial charge in [0.25, 0.3) is 5.56 Å². The first-order valence-corrected chi connectivity index (χ1v) is 15.6. The molecule has 2 aromatic heterocycles. The van der Waals surface area contributed by atoms with Crippen LogP contribution >= 0.6 is 11.3 Å². The standard InChI is InChI=1S/C25H29N3O2SSi/c1-27-18-5-6-19(27)14-21(13-18)30-20-9-7-17(8-10-20)28-16-26-23-15-22(11-12-32(2,3)4)31-24(23)25(28)29/h7-10,15-16,18-19,21H,5-6,13-14H2,1-4H3. The number of piperidine rings is 1. The molecule has 166 valence electrons. The Balaban J connectivity index is 1.35. The minimum atomic E-state index is -1.47. The van der Waals surface area contributed by atoms with Crippen LogP contribution in [0.3, 0.4) is 0 Å². The van der Waals surface area contributed by atoms with E-state index in [-0.39, 0.29) is 11.7 Å². The smallest absolute Gasteiger partial charge is 0.275 e. The van der Waals surface area contributed by atoms with Crippen LogP contribution in [0.5, 0.6) is 5.75 Å². The molecule has 7 heteroatoms. The maximum Gasteiger partial charge on any atom is 0.275 e. The van der Waals surface area contributed by atoms with Gasteiger partial charge in [0.1, 0.15) is 31.0 Å². The predicted octanol–water partition coefficient (Wildman–Crippen LogP) is 4.68. The van der Waals surface area contributed by atoms with Crippen LogP contribution in [-0.2, 0) is 0 Å². The highest BCUT2D eigenvalue weighted by molar-refractivity contribution is 7.19. The van der Waals surface area contributed by atoms with Gasteiger partial charge in [-0.1, -0.05) is 25.6 Å². The Kier molecular flexibility index (Phi) is 5.48. The van der Waals surface area contributed by atoms with Gasteiger partial charge in [0, 0.05) is 12.1 Å². The van der Waals surface area contributed by atoms with Gasteiger partial charge >= 0.3 is 0 Å². The molecule has 2 unspecified atom stereocenters. The van der Waals surface area contributed by atoms with E-state index in [0.29, 0.717) is 22.3 Å². The van der Waals surface area contributed by atoms with E-state index in [4.69, 9.17) is 4.74 Å². The zero-order chi connectivity index (χ0) is 22.5. The normalized spacial score (nSPS) is 23.2. The highest BCUT2D eigenvalue weighted by Gasteiger charge is 2.39. The van der Waals surface area contributed by atoms with Crippen molar-refractivity contribution in [3.63, 3.8) is 0 Å². The molecule has 2 aliphatic heterocycles. The zero-order valence-electron chi connectivity index (χ0n) is 19.1. The molecule has 0 N–H and O–H groups in total. The van der Waals surface area contributed by atoms with E-state index in [1.165, 1.54) is 24.2 Å². The average molecular weight is 464 g/mol. The number of aromatic nitrogens is 2. The lowest BCUT2D eigenvalue weighted by Crippen LogP contribution is -2.43. The van der Waals surface area contributed by atoms with Gasteiger partial charge in [0.15, 0.2) is 0 Å². The quantitative estimate of drug-likeness (QED) is 0.418. The van der Waals surface area contributed by atoms with Crippen LogP contribution < -0.4 is 10.3 Å². The Hall–Kier alpha value is -2.40. The third kappa shape index (κ3) is 4.27. The van der Waals surface area contributed by atoms with Crippen molar-refractivity contribution in [2.75, 3.05) is 7.05 Å². The third-order valence-corrected chi connectivity index (χ3v) is 8.37. The molecule has 2 saturated heterocycles. The molecule has 0 spiro atoms. The zero-order valence-corrected chi connectivity index (χ0v) is 20.9. The highest BCUT2D eigenvalue weighted by Crippen LogP contribution is 2.36. The summed E-state index contributed by atoms with van der Waals surface area (Å²) in [7, 11) is 0.773. The van der Waals surface area contributed by atoms with E-state index < -0.39 is 8.07 Å². The number of ether oxygens (including phenoxy) is 1. The fourth-order valence-electron chi connectivity index (χ4n) is 4.74. The Morgan fingerprint density at radius 2 is 1.81 bits per heavy atom. The van der Waals surface area contributed by atoms with Crippen molar-refractivity contribution in [1.82, 2.24) is 14.5 Å². The monoisotopic (exact) mass is 463 g/mol. The molecule has 4 heterocycles. The van der Waals surface area contributed by atoms with Crippen molar-refractivity contribution in [1.29, 1.82) is 0 Å². The molecular weight excluding hydrogens is 434 g/mol. The van der Waals surface area contributed by atoms with Crippen molar-refractivity contribution < 1.29 is 4.74 Å². The summed E-state index contributed by atoms with van der Waals surface area (Å²) in [5.74, 6) is 4.11. The number of fused-ring (bicyclic) bond motifs is 3. The number of hydrogen-bond acceptors (Lipinski definition) is 5. The molecule has 1 aromatic carbocycles. The number of benzene rings is 1. The maximum absolute atomic E-state index is 13.1. The average Bonchev–Trinajstić information content (AvgIpc) is 3.24. The molecule has 2 atom stereocenters. The minimum Gasteiger partial charge on any atom is -0.490 e. The van der Waals surface area contributed by atoms with Crippen LogP contribution in [0.25, 0.3) is 15.9 Å². The van der Waals surface area contributed by atoms with Crippen LogP contribution in [0.1, 0.15) is 30.6 Å². The summed E-state index contributed by atoms with van der Waals surface area (Å²) in [4.78, 5) is 21.0. The molecule has 5 nitrogen and oxygen atoms in total. The lowest BCUT2D eigenvalue weighted by Gasteiger charge is -2.36. The van der Waals surface area contributed by atoms with Gasteiger partial charge in [-0.3, -0.25) is 9.36 Å². The number of nitrogens with zero attached hydrogens (tertiary/aromatic N) is 3. The molecule has 2 fully saturated rings. The van der Waals surface area contributed by atoms with Crippen LogP contribution in [-0.4, -0.2) is 47.8 Å². The Labute approximate surface area is 194 Å². The van der Waals surface area contributed by atoms with Gasteiger partial charge < -0.3 is 9.64 Å². The van der Waals surface area contributed by atoms with E-state index >= 15 is 0 Å². The summed E-state index contributed by atoms with van der Waals surface area (Å²) < 4.78 is 8.55. The van der Waals surface area contributed by atoms with Gasteiger partial charge in [-0.2, -0.15) is 0 Å². The second kappa shape index (κ2) is 8.18. The first-order valence-electron chi connectivity index (χ1n) is 11.3. The van der Waals surface area contributed by atoms with Crippen molar-refractivity contribution in [2.45, 2.75) is 63.5 Å². The number of hydrogen-bond donors (Lipinski definition) is 0. The summed E-state index contributed by atoms with van der Waals surface area (Å²) in [6.45, 7) is 6.63. The Bertz CT molecular complexity index is 1250. The van der Waals surface area contributed by atoms with Crippen LogP contribution in [0.4, 0.5) is 0 Å². The molecule has 5 rings (SSSR count). The molecule has 2 bridgehead atoms. The summed E-state index contributed by atoms with van der Waals surface area (Å²) in [5.41, 5.74) is 4.82. The van der Waals surface area contributed by atoms with Crippen LogP contribution in [0, 0.1) is 11.5 Å². The van der Waals surface area contributed by atoms with Gasteiger partial charge in [0.05, 0.1) is 16.1 Å². The maximum atomic E-state index is 13.1. The fraction of sp³-hybridized carbons (Fsp3) is 0.440. The molecule has 32 heavy (non-hydrogen) atoms. The SMILES string of the molecule is CN1C2CCC1CC(Oc1ccc(-n3cnc4cc(C#C[Si](C)(C)C)sc4c3=O)cc1)C2. The van der Waals surface area contributed by atoms with Crippen molar-refractivity contribution in [3.8, 4) is 22.9 Å².